The number of nitrogens with one attached hydrogen (secondary N) is 1. The van der Waals surface area contributed by atoms with Gasteiger partial charge in [-0.05, 0) is 44.4 Å². The number of hydrogen-bond donors (Lipinski definition) is 1. The Morgan fingerprint density at radius 2 is 0.933 bits per heavy atom. The molecule has 2 aliphatic rings. The van der Waals surface area contributed by atoms with Crippen molar-refractivity contribution in [3.63, 3.8) is 0 Å². The summed E-state index contributed by atoms with van der Waals surface area (Å²) in [6.07, 6.45) is 1.36. The van der Waals surface area contributed by atoms with Gasteiger partial charge in [-0.1, -0.05) is 55.4 Å². The third kappa shape index (κ3) is 8.47. The molecule has 30 heavy (non-hydrogen) atoms. The van der Waals surface area contributed by atoms with Crippen molar-refractivity contribution in [3.8, 4) is 0 Å². The zero-order valence-corrected chi connectivity index (χ0v) is 21.7. The van der Waals surface area contributed by atoms with Crippen LogP contribution in [0.5, 0.6) is 0 Å². The Bertz CT molecular complexity index is 449. The Morgan fingerprint density at radius 1 is 0.633 bits per heavy atom. The lowest BCUT2D eigenvalue weighted by Gasteiger charge is -2.43. The molecule has 178 valence electrons. The number of nitrogens with zero attached hydrogens (tertiary/aromatic N) is 2. The molecule has 2 heterocycles. The van der Waals surface area contributed by atoms with Gasteiger partial charge >= 0.3 is 0 Å². The molecule has 2 fully saturated rings. The molecular formula is C25H51N3O2. The first kappa shape index (κ1) is 27.4. The molecule has 0 spiro atoms. The molecule has 2 aliphatic heterocycles. The molecule has 0 amide bonds. The highest BCUT2D eigenvalue weighted by atomic mass is 16.5. The summed E-state index contributed by atoms with van der Waals surface area (Å²) in [5, 5.41) is 7.72. The van der Waals surface area contributed by atoms with E-state index in [4.69, 9.17) is 14.9 Å². The van der Waals surface area contributed by atoms with Crippen molar-refractivity contribution >= 4 is 5.84 Å². The van der Waals surface area contributed by atoms with Crippen molar-refractivity contribution in [1.29, 1.82) is 5.41 Å². The largest absolute Gasteiger partial charge is 0.372 e. The predicted octanol–water partition coefficient (Wildman–Crippen LogP) is 5.14. The molecule has 5 nitrogen and oxygen atoms in total. The fraction of sp³-hybridized carbons (Fsp3) is 0.960. The topological polar surface area (TPSA) is 48.8 Å². The van der Waals surface area contributed by atoms with Gasteiger partial charge in [0.05, 0.1) is 30.3 Å². The maximum atomic E-state index is 7.72. The number of morpholine rings is 2. The van der Waals surface area contributed by atoms with Crippen LogP contribution in [-0.2, 0) is 9.47 Å². The van der Waals surface area contributed by atoms with Crippen molar-refractivity contribution in [2.24, 2.45) is 23.7 Å². The average molecular weight is 426 g/mol. The summed E-state index contributed by atoms with van der Waals surface area (Å²) in [5.41, 5.74) is 0. The van der Waals surface area contributed by atoms with Gasteiger partial charge in [0.2, 0.25) is 0 Å². The molecule has 1 N–H and O–H groups in total. The van der Waals surface area contributed by atoms with Crippen LogP contribution in [0.15, 0.2) is 0 Å². The number of hydrogen-bond acceptors (Lipinski definition) is 4. The molecule has 0 unspecified atom stereocenters. The van der Waals surface area contributed by atoms with E-state index in [1.807, 2.05) is 6.92 Å². The van der Waals surface area contributed by atoms with E-state index in [9.17, 15) is 0 Å². The zero-order valence-electron chi connectivity index (χ0n) is 21.7. The van der Waals surface area contributed by atoms with Gasteiger partial charge in [0.1, 0.15) is 0 Å². The molecule has 0 radical (unpaired) electrons. The van der Waals surface area contributed by atoms with Crippen LogP contribution in [0.1, 0.15) is 76.2 Å². The molecular weight excluding hydrogens is 374 g/mol. The van der Waals surface area contributed by atoms with Gasteiger partial charge in [-0.25, -0.2) is 0 Å². The predicted molar refractivity (Wildman–Crippen MR) is 128 cm³/mol. The third-order valence-corrected chi connectivity index (χ3v) is 6.51. The van der Waals surface area contributed by atoms with Crippen LogP contribution in [-0.4, -0.2) is 72.3 Å². The smallest absolute Gasteiger partial charge is 0.0927 e. The van der Waals surface area contributed by atoms with Crippen LogP contribution in [0.4, 0.5) is 0 Å². The highest BCUT2D eigenvalue weighted by Gasteiger charge is 2.32. The Kier molecular flexibility index (Phi) is 11.3. The van der Waals surface area contributed by atoms with E-state index in [2.05, 4.69) is 79.0 Å². The molecule has 0 aromatic heterocycles. The lowest BCUT2D eigenvalue weighted by Crippen LogP contribution is -2.53. The monoisotopic (exact) mass is 425 g/mol. The molecule has 2 saturated heterocycles. The van der Waals surface area contributed by atoms with Gasteiger partial charge in [0.25, 0.3) is 0 Å². The normalized spacial score (nSPS) is 28.5. The maximum Gasteiger partial charge on any atom is 0.0927 e. The third-order valence-electron chi connectivity index (χ3n) is 6.51. The first-order valence-electron chi connectivity index (χ1n) is 12.2. The second kappa shape index (κ2) is 12.4. The van der Waals surface area contributed by atoms with Gasteiger partial charge in [0.15, 0.2) is 0 Å². The average Bonchev–Trinajstić information content (AvgIpc) is 2.67. The van der Waals surface area contributed by atoms with Crippen LogP contribution >= 0.6 is 0 Å². The summed E-state index contributed by atoms with van der Waals surface area (Å²) >= 11 is 0. The summed E-state index contributed by atoms with van der Waals surface area (Å²) in [7, 11) is 0. The second-order valence-corrected chi connectivity index (χ2v) is 10.9. The van der Waals surface area contributed by atoms with E-state index in [1.165, 1.54) is 0 Å². The first-order valence-corrected chi connectivity index (χ1v) is 12.2. The Balaban J connectivity index is 0.000000300. The Labute approximate surface area is 187 Å². The van der Waals surface area contributed by atoms with Gasteiger partial charge in [0, 0.05) is 32.2 Å². The molecule has 0 bridgehead atoms. The first-order chi connectivity index (χ1) is 13.8. The van der Waals surface area contributed by atoms with Crippen molar-refractivity contribution in [1.82, 2.24) is 9.80 Å². The van der Waals surface area contributed by atoms with E-state index in [1.54, 1.807) is 0 Å². The minimum atomic E-state index is 0.270. The summed E-state index contributed by atoms with van der Waals surface area (Å²) in [6, 6.07) is 0.636. The summed E-state index contributed by atoms with van der Waals surface area (Å²) in [5.74, 6) is 2.94. The van der Waals surface area contributed by atoms with Gasteiger partial charge in [-0.2, -0.15) is 0 Å². The molecule has 0 aromatic carbocycles. The minimum absolute atomic E-state index is 0.270. The Morgan fingerprint density at radius 3 is 1.17 bits per heavy atom. The number of rotatable bonds is 5. The quantitative estimate of drug-likeness (QED) is 0.489. The van der Waals surface area contributed by atoms with Crippen molar-refractivity contribution in [2.75, 3.05) is 26.2 Å². The minimum Gasteiger partial charge on any atom is -0.372 e. The summed E-state index contributed by atoms with van der Waals surface area (Å²) in [6.45, 7) is 28.1. The van der Waals surface area contributed by atoms with E-state index in [0.29, 0.717) is 47.8 Å². The van der Waals surface area contributed by atoms with Crippen molar-refractivity contribution in [3.05, 3.63) is 0 Å². The van der Waals surface area contributed by atoms with Crippen LogP contribution < -0.4 is 0 Å². The van der Waals surface area contributed by atoms with E-state index in [0.717, 1.165) is 26.2 Å². The van der Waals surface area contributed by atoms with E-state index >= 15 is 0 Å². The lowest BCUT2D eigenvalue weighted by molar-refractivity contribution is -0.125. The van der Waals surface area contributed by atoms with Crippen LogP contribution in [0.25, 0.3) is 0 Å². The highest BCUT2D eigenvalue weighted by Crippen LogP contribution is 2.23. The fourth-order valence-corrected chi connectivity index (χ4v) is 3.83. The number of amidine groups is 1. The van der Waals surface area contributed by atoms with Crippen LogP contribution in [0, 0.1) is 29.1 Å². The second-order valence-electron chi connectivity index (χ2n) is 10.9. The van der Waals surface area contributed by atoms with E-state index in [-0.39, 0.29) is 12.2 Å². The number of ether oxygens (including phenoxy) is 2. The zero-order chi connectivity index (χ0) is 23.2. The van der Waals surface area contributed by atoms with Crippen molar-refractivity contribution < 1.29 is 9.47 Å². The molecule has 0 saturated carbocycles. The fourth-order valence-electron chi connectivity index (χ4n) is 3.83. The summed E-state index contributed by atoms with van der Waals surface area (Å²) < 4.78 is 12.2. The van der Waals surface area contributed by atoms with Gasteiger partial charge in [-0.15, -0.1) is 0 Å². The lowest BCUT2D eigenvalue weighted by atomic mass is 9.99. The van der Waals surface area contributed by atoms with Crippen molar-refractivity contribution in [2.45, 2.75) is 107 Å². The standard InChI is InChI=1S/C13H27NO.C12H24N2O/c1-9(2)12-7-14(11(5)6)8-13(15-12)10(3)4;1-8(2)11-6-14(10(5)13)7-12(15-11)9(3)4/h9-13H,7-8H2,1-6H3;8-9,11-13H,6-7H2,1-5H3/t12-,13-;11-,12+/m1./s1. The summed E-state index contributed by atoms with van der Waals surface area (Å²) in [4.78, 5) is 4.69. The van der Waals surface area contributed by atoms with E-state index < -0.39 is 0 Å². The highest BCUT2D eigenvalue weighted by molar-refractivity contribution is 5.76. The maximum absolute atomic E-state index is 7.72. The van der Waals surface area contributed by atoms with Gasteiger partial charge in [-0.3, -0.25) is 10.3 Å². The Hall–Kier alpha value is -0.650. The molecule has 0 aliphatic carbocycles. The molecule has 2 rings (SSSR count). The van der Waals surface area contributed by atoms with Crippen LogP contribution in [0.2, 0.25) is 0 Å². The molecule has 4 atom stereocenters. The SMILES string of the molecule is CC(=N)N1C[C@@H](C(C)C)O[C@@H](C(C)C)C1.CC(C)[C@H]1CN(C(C)C)C[C@H](C(C)C)O1. The molecule has 5 heteroatoms. The van der Waals surface area contributed by atoms with Gasteiger partial charge < -0.3 is 14.4 Å². The molecule has 0 aromatic rings. The van der Waals surface area contributed by atoms with Crippen LogP contribution in [0.3, 0.4) is 0 Å².